The number of benzene rings is 2. The molecule has 0 bridgehead atoms. The molecule has 1 aromatic heterocycles. The molecule has 32 heavy (non-hydrogen) atoms. The Kier molecular flexibility index (Phi) is 6.29. The Morgan fingerprint density at radius 1 is 1.12 bits per heavy atom. The molecule has 2 heterocycles. The van der Waals surface area contributed by atoms with Gasteiger partial charge in [0.2, 0.25) is 11.8 Å². The summed E-state index contributed by atoms with van der Waals surface area (Å²) in [6.45, 7) is 2.55. The highest BCUT2D eigenvalue weighted by molar-refractivity contribution is 5.96. The molecule has 1 N–H and O–H groups in total. The van der Waals surface area contributed by atoms with E-state index in [0.717, 1.165) is 11.4 Å². The van der Waals surface area contributed by atoms with Crippen molar-refractivity contribution >= 4 is 23.5 Å². The van der Waals surface area contributed by atoms with Gasteiger partial charge in [0.1, 0.15) is 17.3 Å². The summed E-state index contributed by atoms with van der Waals surface area (Å²) in [5.74, 6) is 0.0985. The molecule has 1 aliphatic heterocycles. The van der Waals surface area contributed by atoms with Gasteiger partial charge in [-0.25, -0.2) is 4.39 Å². The average Bonchev–Trinajstić information content (AvgIpc) is 3.41. The molecule has 166 valence electrons. The molecular weight excluding hydrogens is 419 g/mol. The number of hydrogen-bond acceptors (Lipinski definition) is 7. The van der Waals surface area contributed by atoms with E-state index in [4.69, 9.17) is 13.9 Å². The van der Waals surface area contributed by atoms with Gasteiger partial charge in [0, 0.05) is 18.7 Å². The first-order chi connectivity index (χ1) is 15.5. The van der Waals surface area contributed by atoms with Crippen LogP contribution in [0.4, 0.5) is 16.1 Å². The molecule has 0 radical (unpaired) electrons. The fourth-order valence-electron chi connectivity index (χ4n) is 3.30. The van der Waals surface area contributed by atoms with E-state index in [-0.39, 0.29) is 36.8 Å². The maximum atomic E-state index is 12.9. The standard InChI is InChI=1S/C22H21FN4O5/c1-2-30-17-9-5-16(6-10-17)27-12-14(11-20(27)29)21-25-26-22(32-21)24-19(28)13-31-18-7-3-15(23)4-8-18/h3-10,14H,2,11-13H2,1H3,(H,24,26,28)/t14-/m0/s1. The Morgan fingerprint density at radius 2 is 1.81 bits per heavy atom. The average molecular weight is 440 g/mol. The van der Waals surface area contributed by atoms with Crippen LogP contribution in [0.2, 0.25) is 0 Å². The Morgan fingerprint density at radius 3 is 2.53 bits per heavy atom. The third-order valence-electron chi connectivity index (χ3n) is 4.80. The van der Waals surface area contributed by atoms with Crippen molar-refractivity contribution in [3.05, 3.63) is 60.2 Å². The number of halogens is 1. The summed E-state index contributed by atoms with van der Waals surface area (Å²) in [6.07, 6.45) is 0.219. The van der Waals surface area contributed by atoms with E-state index in [2.05, 4.69) is 15.5 Å². The minimum atomic E-state index is -0.511. The van der Waals surface area contributed by atoms with Crippen LogP contribution in [-0.2, 0) is 9.59 Å². The first-order valence-electron chi connectivity index (χ1n) is 10.1. The van der Waals surface area contributed by atoms with Crippen LogP contribution in [0.1, 0.15) is 25.2 Å². The number of nitrogens with one attached hydrogen (secondary N) is 1. The predicted molar refractivity (Wildman–Crippen MR) is 112 cm³/mol. The van der Waals surface area contributed by atoms with Gasteiger partial charge in [-0.15, -0.1) is 5.10 Å². The second-order valence-electron chi connectivity index (χ2n) is 7.07. The van der Waals surface area contributed by atoms with E-state index in [9.17, 15) is 14.0 Å². The molecule has 2 amide bonds. The fourth-order valence-corrected chi connectivity index (χ4v) is 3.30. The quantitative estimate of drug-likeness (QED) is 0.573. The molecule has 4 rings (SSSR count). The molecule has 3 aromatic rings. The van der Waals surface area contributed by atoms with E-state index >= 15 is 0 Å². The van der Waals surface area contributed by atoms with Crippen LogP contribution in [0.5, 0.6) is 11.5 Å². The zero-order chi connectivity index (χ0) is 22.5. The molecule has 1 aliphatic rings. The second-order valence-corrected chi connectivity index (χ2v) is 7.07. The number of rotatable bonds is 8. The monoisotopic (exact) mass is 440 g/mol. The number of amides is 2. The lowest BCUT2D eigenvalue weighted by Crippen LogP contribution is -2.24. The Labute approximate surface area is 183 Å². The van der Waals surface area contributed by atoms with Crippen LogP contribution in [0.15, 0.2) is 52.9 Å². The van der Waals surface area contributed by atoms with Crippen LogP contribution in [-0.4, -0.2) is 41.8 Å². The first kappa shape index (κ1) is 21.3. The highest BCUT2D eigenvalue weighted by atomic mass is 19.1. The maximum absolute atomic E-state index is 12.9. The summed E-state index contributed by atoms with van der Waals surface area (Å²) < 4.78 is 29.1. The van der Waals surface area contributed by atoms with Crippen LogP contribution in [0, 0.1) is 5.82 Å². The van der Waals surface area contributed by atoms with Crippen molar-refractivity contribution in [1.29, 1.82) is 0 Å². The number of carbonyl (C=O) groups excluding carboxylic acids is 2. The second kappa shape index (κ2) is 9.46. The Bertz CT molecular complexity index is 1080. The zero-order valence-corrected chi connectivity index (χ0v) is 17.3. The lowest BCUT2D eigenvalue weighted by atomic mass is 10.1. The molecule has 1 fully saturated rings. The maximum Gasteiger partial charge on any atom is 0.322 e. The van der Waals surface area contributed by atoms with Gasteiger partial charge >= 0.3 is 6.01 Å². The SMILES string of the molecule is CCOc1ccc(N2C[C@@H](c3nnc(NC(=O)COc4ccc(F)cc4)o3)CC2=O)cc1. The van der Waals surface area contributed by atoms with E-state index in [1.54, 1.807) is 4.90 Å². The van der Waals surface area contributed by atoms with Crippen molar-refractivity contribution in [2.45, 2.75) is 19.3 Å². The van der Waals surface area contributed by atoms with Crippen molar-refractivity contribution in [3.8, 4) is 11.5 Å². The molecule has 0 aliphatic carbocycles. The molecule has 0 saturated carbocycles. The zero-order valence-electron chi connectivity index (χ0n) is 17.3. The highest BCUT2D eigenvalue weighted by Crippen LogP contribution is 2.32. The van der Waals surface area contributed by atoms with Gasteiger partial charge in [0.15, 0.2) is 6.61 Å². The van der Waals surface area contributed by atoms with Crippen LogP contribution >= 0.6 is 0 Å². The lowest BCUT2D eigenvalue weighted by molar-refractivity contribution is -0.118. The van der Waals surface area contributed by atoms with Gasteiger partial charge in [0.25, 0.3) is 5.91 Å². The largest absolute Gasteiger partial charge is 0.494 e. The number of nitrogens with zero attached hydrogens (tertiary/aromatic N) is 3. The fraction of sp³-hybridized carbons (Fsp3) is 0.273. The molecule has 0 unspecified atom stereocenters. The van der Waals surface area contributed by atoms with E-state index in [1.165, 1.54) is 24.3 Å². The van der Waals surface area contributed by atoms with Crippen molar-refractivity contribution in [2.24, 2.45) is 0 Å². The summed E-state index contributed by atoms with van der Waals surface area (Å²) >= 11 is 0. The van der Waals surface area contributed by atoms with Gasteiger partial charge in [-0.1, -0.05) is 5.10 Å². The van der Waals surface area contributed by atoms with E-state index in [1.807, 2.05) is 31.2 Å². The Balaban J connectivity index is 1.32. The predicted octanol–water partition coefficient (Wildman–Crippen LogP) is 3.15. The summed E-state index contributed by atoms with van der Waals surface area (Å²) in [4.78, 5) is 26.2. The molecule has 1 atom stereocenters. The van der Waals surface area contributed by atoms with Crippen molar-refractivity contribution < 1.29 is 27.9 Å². The third-order valence-corrected chi connectivity index (χ3v) is 4.80. The van der Waals surface area contributed by atoms with Gasteiger partial charge in [-0.05, 0) is 55.5 Å². The van der Waals surface area contributed by atoms with Gasteiger partial charge in [0.05, 0.1) is 12.5 Å². The van der Waals surface area contributed by atoms with Gasteiger partial charge < -0.3 is 18.8 Å². The van der Waals surface area contributed by atoms with Crippen molar-refractivity contribution in [3.63, 3.8) is 0 Å². The third kappa shape index (κ3) is 5.02. The summed E-state index contributed by atoms with van der Waals surface area (Å²) in [7, 11) is 0. The van der Waals surface area contributed by atoms with Crippen molar-refractivity contribution in [2.75, 3.05) is 30.0 Å². The summed E-state index contributed by atoms with van der Waals surface area (Å²) in [6, 6.07) is 12.5. The molecule has 2 aromatic carbocycles. The number of hydrogen-bond donors (Lipinski definition) is 1. The number of carbonyl (C=O) groups is 2. The normalized spacial score (nSPS) is 15.6. The smallest absolute Gasteiger partial charge is 0.322 e. The summed E-state index contributed by atoms with van der Waals surface area (Å²) in [5, 5.41) is 10.2. The summed E-state index contributed by atoms with van der Waals surface area (Å²) in [5.41, 5.74) is 0.756. The number of anilines is 2. The lowest BCUT2D eigenvalue weighted by Gasteiger charge is -2.16. The van der Waals surface area contributed by atoms with Gasteiger partial charge in [-0.2, -0.15) is 0 Å². The minimum absolute atomic E-state index is 0.0596. The van der Waals surface area contributed by atoms with Crippen molar-refractivity contribution in [1.82, 2.24) is 10.2 Å². The topological polar surface area (TPSA) is 107 Å². The molecule has 9 nitrogen and oxygen atoms in total. The Hall–Kier alpha value is -3.95. The first-order valence-corrected chi connectivity index (χ1v) is 10.1. The molecule has 10 heteroatoms. The van der Waals surface area contributed by atoms with Crippen LogP contribution in [0.25, 0.3) is 0 Å². The van der Waals surface area contributed by atoms with Crippen LogP contribution in [0.3, 0.4) is 0 Å². The minimum Gasteiger partial charge on any atom is -0.494 e. The molecular formula is C22H21FN4O5. The molecule has 1 saturated heterocycles. The number of aromatic nitrogens is 2. The number of ether oxygens (including phenoxy) is 2. The van der Waals surface area contributed by atoms with E-state index in [0.29, 0.717) is 18.9 Å². The van der Waals surface area contributed by atoms with E-state index < -0.39 is 11.7 Å². The highest BCUT2D eigenvalue weighted by Gasteiger charge is 2.35. The van der Waals surface area contributed by atoms with Gasteiger partial charge in [-0.3, -0.25) is 14.9 Å². The molecule has 0 spiro atoms. The van der Waals surface area contributed by atoms with Crippen LogP contribution < -0.4 is 19.7 Å².